The van der Waals surface area contributed by atoms with Crippen molar-refractivity contribution in [3.63, 3.8) is 0 Å². The third-order valence-corrected chi connectivity index (χ3v) is 7.84. The fourth-order valence-corrected chi connectivity index (χ4v) is 5.72. The SMILES string of the molecule is C=CC(=O)N1CCC(F)(CNc2ccc(-c3cc4c(N5C6CCC5COC6)ncnc4[nH]3)cc2)CC1. The Morgan fingerprint density at radius 2 is 1.92 bits per heavy atom. The Kier molecular flexibility index (Phi) is 5.87. The molecule has 2 bridgehead atoms. The predicted molar refractivity (Wildman–Crippen MR) is 138 cm³/mol. The molecule has 1 amide bonds. The number of aromatic amines is 1. The van der Waals surface area contributed by atoms with E-state index in [1.807, 2.05) is 24.3 Å². The number of morpholine rings is 1. The number of alkyl halides is 1. The number of carbonyl (C=O) groups is 1. The second-order valence-corrected chi connectivity index (χ2v) is 10.1. The van der Waals surface area contributed by atoms with Gasteiger partial charge in [0.25, 0.3) is 0 Å². The van der Waals surface area contributed by atoms with Gasteiger partial charge < -0.3 is 24.8 Å². The number of aromatic nitrogens is 3. The molecule has 0 radical (unpaired) electrons. The summed E-state index contributed by atoms with van der Waals surface area (Å²) in [6, 6.07) is 10.9. The number of fused-ring (bicyclic) bond motifs is 3. The molecule has 0 saturated carbocycles. The highest BCUT2D eigenvalue weighted by Crippen LogP contribution is 2.37. The van der Waals surface area contributed by atoms with Crippen molar-refractivity contribution in [1.82, 2.24) is 19.9 Å². The minimum atomic E-state index is -1.33. The molecule has 8 nitrogen and oxygen atoms in total. The normalized spacial score (nSPS) is 23.1. The number of likely N-dealkylation sites (tertiary alicyclic amines) is 1. The Morgan fingerprint density at radius 1 is 1.19 bits per heavy atom. The summed E-state index contributed by atoms with van der Waals surface area (Å²) in [7, 11) is 0. The number of rotatable bonds is 6. The number of H-pyrrole nitrogens is 1. The molecule has 188 valence electrons. The minimum absolute atomic E-state index is 0.132. The van der Waals surface area contributed by atoms with Crippen LogP contribution in [0.25, 0.3) is 22.3 Å². The van der Waals surface area contributed by atoms with Crippen molar-refractivity contribution in [2.75, 3.05) is 43.1 Å². The number of halogens is 1. The summed E-state index contributed by atoms with van der Waals surface area (Å²) >= 11 is 0. The van der Waals surface area contributed by atoms with Crippen LogP contribution in [0.1, 0.15) is 25.7 Å². The van der Waals surface area contributed by atoms with Crippen molar-refractivity contribution in [2.45, 2.75) is 43.4 Å². The van der Waals surface area contributed by atoms with E-state index in [2.05, 4.69) is 37.8 Å². The van der Waals surface area contributed by atoms with Gasteiger partial charge in [0, 0.05) is 43.9 Å². The topological polar surface area (TPSA) is 86.4 Å². The molecule has 2 aromatic heterocycles. The van der Waals surface area contributed by atoms with E-state index in [4.69, 9.17) is 4.74 Å². The lowest BCUT2D eigenvalue weighted by molar-refractivity contribution is -0.128. The number of benzene rings is 1. The summed E-state index contributed by atoms with van der Waals surface area (Å²) in [6.45, 7) is 6.06. The first-order valence-electron chi connectivity index (χ1n) is 12.7. The molecule has 3 saturated heterocycles. The maximum absolute atomic E-state index is 15.3. The fourth-order valence-electron chi connectivity index (χ4n) is 5.72. The van der Waals surface area contributed by atoms with Crippen molar-refractivity contribution < 1.29 is 13.9 Å². The molecule has 3 fully saturated rings. The second-order valence-electron chi connectivity index (χ2n) is 10.1. The van der Waals surface area contributed by atoms with E-state index in [1.54, 1.807) is 11.2 Å². The van der Waals surface area contributed by atoms with Crippen LogP contribution < -0.4 is 10.2 Å². The Morgan fingerprint density at radius 3 is 2.61 bits per heavy atom. The number of ether oxygens (including phenoxy) is 1. The Labute approximate surface area is 209 Å². The standard InChI is InChI=1S/C27H31FN6O2/c1-2-24(35)33-11-9-27(28,10-12-33)16-29-19-5-3-18(4-6-19)23-13-22-25(32-23)30-17-31-26(22)34-20-7-8-21(34)15-36-14-20/h2-6,13,17,20-21,29H,1,7-12,14-16H2,(H,30,31,32). The summed E-state index contributed by atoms with van der Waals surface area (Å²) in [5, 5.41) is 4.26. The zero-order valence-corrected chi connectivity index (χ0v) is 20.3. The molecule has 0 spiro atoms. The van der Waals surface area contributed by atoms with Crippen LogP contribution in [0.5, 0.6) is 0 Å². The molecule has 3 aliphatic rings. The van der Waals surface area contributed by atoms with Crippen LogP contribution in [-0.4, -0.2) is 76.4 Å². The van der Waals surface area contributed by atoms with Gasteiger partial charge in [0.1, 0.15) is 23.5 Å². The monoisotopic (exact) mass is 490 g/mol. The summed E-state index contributed by atoms with van der Waals surface area (Å²) < 4.78 is 21.0. The first kappa shape index (κ1) is 23.0. The lowest BCUT2D eigenvalue weighted by Crippen LogP contribution is -2.47. The van der Waals surface area contributed by atoms with Crippen molar-refractivity contribution in [3.05, 3.63) is 49.3 Å². The van der Waals surface area contributed by atoms with E-state index in [0.29, 0.717) is 38.0 Å². The van der Waals surface area contributed by atoms with Gasteiger partial charge in [0.05, 0.1) is 30.7 Å². The van der Waals surface area contributed by atoms with Gasteiger partial charge in [-0.05, 0) is 42.7 Å². The van der Waals surface area contributed by atoms with Crippen LogP contribution in [0.4, 0.5) is 15.9 Å². The van der Waals surface area contributed by atoms with E-state index < -0.39 is 5.67 Å². The largest absolute Gasteiger partial charge is 0.382 e. The lowest BCUT2D eigenvalue weighted by atomic mass is 9.93. The summed E-state index contributed by atoms with van der Waals surface area (Å²) in [6.07, 6.45) is 5.82. The third kappa shape index (κ3) is 4.21. The van der Waals surface area contributed by atoms with Crippen LogP contribution in [0, 0.1) is 0 Å². The van der Waals surface area contributed by atoms with E-state index in [0.717, 1.165) is 59.9 Å². The van der Waals surface area contributed by atoms with Gasteiger partial charge in [0.15, 0.2) is 0 Å². The van der Waals surface area contributed by atoms with Gasteiger partial charge in [-0.1, -0.05) is 18.7 Å². The van der Waals surface area contributed by atoms with Crippen LogP contribution in [0.2, 0.25) is 0 Å². The van der Waals surface area contributed by atoms with Crippen molar-refractivity contribution in [3.8, 4) is 11.3 Å². The molecule has 6 rings (SSSR count). The van der Waals surface area contributed by atoms with E-state index in [1.165, 1.54) is 6.08 Å². The molecule has 0 aliphatic carbocycles. The lowest BCUT2D eigenvalue weighted by Gasteiger charge is -2.36. The number of hydrogen-bond acceptors (Lipinski definition) is 6. The van der Waals surface area contributed by atoms with Crippen molar-refractivity contribution in [2.24, 2.45) is 0 Å². The number of hydrogen-bond donors (Lipinski definition) is 2. The van der Waals surface area contributed by atoms with Gasteiger partial charge in [-0.15, -0.1) is 0 Å². The highest BCUT2D eigenvalue weighted by Gasteiger charge is 2.39. The molecule has 3 aliphatic heterocycles. The second kappa shape index (κ2) is 9.20. The molecule has 2 unspecified atom stereocenters. The van der Waals surface area contributed by atoms with E-state index in [9.17, 15) is 4.79 Å². The average Bonchev–Trinajstić information content (AvgIpc) is 3.45. The van der Waals surface area contributed by atoms with Gasteiger partial charge in [0.2, 0.25) is 5.91 Å². The summed E-state index contributed by atoms with van der Waals surface area (Å²) in [5.74, 6) is 0.846. The quantitative estimate of drug-likeness (QED) is 0.510. The third-order valence-electron chi connectivity index (χ3n) is 7.84. The Balaban J connectivity index is 1.14. The van der Waals surface area contributed by atoms with Crippen molar-refractivity contribution in [1.29, 1.82) is 0 Å². The Bertz CT molecular complexity index is 1250. The molecule has 2 N–H and O–H groups in total. The zero-order chi connectivity index (χ0) is 24.7. The van der Waals surface area contributed by atoms with E-state index >= 15 is 4.39 Å². The molecule has 1 aromatic carbocycles. The number of carbonyl (C=O) groups excluding carboxylic acids is 1. The van der Waals surface area contributed by atoms with E-state index in [-0.39, 0.29) is 12.5 Å². The number of piperidine rings is 1. The Hall–Kier alpha value is -3.46. The van der Waals surface area contributed by atoms with Gasteiger partial charge >= 0.3 is 0 Å². The fraction of sp³-hybridized carbons (Fsp3) is 0.444. The molecule has 2 atom stereocenters. The predicted octanol–water partition coefficient (Wildman–Crippen LogP) is 3.92. The highest BCUT2D eigenvalue weighted by molar-refractivity contribution is 5.92. The van der Waals surface area contributed by atoms with Crippen LogP contribution in [0.3, 0.4) is 0 Å². The maximum atomic E-state index is 15.3. The number of nitrogens with one attached hydrogen (secondary N) is 2. The minimum Gasteiger partial charge on any atom is -0.382 e. The van der Waals surface area contributed by atoms with Crippen LogP contribution in [0.15, 0.2) is 49.3 Å². The van der Waals surface area contributed by atoms with Gasteiger partial charge in [-0.2, -0.15) is 0 Å². The molecule has 36 heavy (non-hydrogen) atoms. The van der Waals surface area contributed by atoms with Gasteiger partial charge in [-0.25, -0.2) is 14.4 Å². The molecular formula is C27H31FN6O2. The number of nitrogens with zero attached hydrogens (tertiary/aromatic N) is 4. The summed E-state index contributed by atoms with van der Waals surface area (Å²) in [5.41, 5.74) is 2.35. The van der Waals surface area contributed by atoms with Crippen LogP contribution >= 0.6 is 0 Å². The van der Waals surface area contributed by atoms with Crippen LogP contribution in [-0.2, 0) is 9.53 Å². The molecule has 9 heteroatoms. The molecular weight excluding hydrogens is 459 g/mol. The van der Waals surface area contributed by atoms with Crippen molar-refractivity contribution >= 4 is 28.4 Å². The van der Waals surface area contributed by atoms with Gasteiger partial charge in [-0.3, -0.25) is 4.79 Å². The average molecular weight is 491 g/mol. The number of anilines is 2. The first-order valence-corrected chi connectivity index (χ1v) is 12.7. The smallest absolute Gasteiger partial charge is 0.245 e. The number of amides is 1. The molecule has 3 aromatic rings. The first-order chi connectivity index (χ1) is 17.5. The molecule has 5 heterocycles. The summed E-state index contributed by atoms with van der Waals surface area (Å²) in [4.78, 5) is 28.4. The highest BCUT2D eigenvalue weighted by atomic mass is 19.1. The zero-order valence-electron chi connectivity index (χ0n) is 20.3. The maximum Gasteiger partial charge on any atom is 0.245 e.